The van der Waals surface area contributed by atoms with Crippen molar-refractivity contribution in [3.63, 3.8) is 0 Å². The highest BCUT2D eigenvalue weighted by molar-refractivity contribution is 9.11. The first-order valence-electron chi connectivity index (χ1n) is 5.77. The second kappa shape index (κ2) is 5.54. The molecular weight excluding hydrogens is 318 g/mol. The van der Waals surface area contributed by atoms with E-state index in [2.05, 4.69) is 31.5 Å². The second-order valence-electron chi connectivity index (χ2n) is 4.87. The highest BCUT2D eigenvalue weighted by Gasteiger charge is 2.29. The molecule has 0 aromatic carbocycles. The zero-order chi connectivity index (χ0) is 13.2. The van der Waals surface area contributed by atoms with Gasteiger partial charge >= 0.3 is 6.03 Å². The lowest BCUT2D eigenvalue weighted by Crippen LogP contribution is -2.47. The maximum atomic E-state index is 11.8. The number of halogens is 1. The zero-order valence-corrected chi connectivity index (χ0v) is 12.7. The molecule has 0 bridgehead atoms. The summed E-state index contributed by atoms with van der Waals surface area (Å²) in [7, 11) is 0. The van der Waals surface area contributed by atoms with E-state index in [1.54, 1.807) is 6.20 Å². The smallest absolute Gasteiger partial charge is 0.321 e. The SMILES string of the molecule is CC1(C)CC(NC(=O)Nc2ncc(Br)s2)CCO1. The van der Waals surface area contributed by atoms with E-state index in [0.29, 0.717) is 11.7 Å². The van der Waals surface area contributed by atoms with Gasteiger partial charge in [0.25, 0.3) is 0 Å². The zero-order valence-electron chi connectivity index (χ0n) is 10.3. The summed E-state index contributed by atoms with van der Waals surface area (Å²) < 4.78 is 6.50. The molecule has 2 rings (SSSR count). The molecule has 0 aliphatic carbocycles. The summed E-state index contributed by atoms with van der Waals surface area (Å²) in [5, 5.41) is 6.27. The van der Waals surface area contributed by atoms with Crippen LogP contribution in [0, 0.1) is 0 Å². The number of nitrogens with zero attached hydrogens (tertiary/aromatic N) is 1. The minimum atomic E-state index is -0.209. The van der Waals surface area contributed by atoms with Crippen LogP contribution in [0.1, 0.15) is 26.7 Å². The summed E-state index contributed by atoms with van der Waals surface area (Å²) in [5.74, 6) is 0. The van der Waals surface area contributed by atoms with E-state index in [1.165, 1.54) is 11.3 Å². The largest absolute Gasteiger partial charge is 0.375 e. The molecule has 1 unspecified atom stereocenters. The van der Waals surface area contributed by atoms with Crippen molar-refractivity contribution >= 4 is 38.4 Å². The predicted octanol–water partition coefficient (Wildman–Crippen LogP) is 2.98. The molecule has 0 radical (unpaired) electrons. The van der Waals surface area contributed by atoms with Gasteiger partial charge in [-0.05, 0) is 42.6 Å². The van der Waals surface area contributed by atoms with Gasteiger partial charge in [0.15, 0.2) is 5.13 Å². The van der Waals surface area contributed by atoms with Crippen molar-refractivity contribution in [1.82, 2.24) is 10.3 Å². The molecule has 7 heteroatoms. The van der Waals surface area contributed by atoms with E-state index < -0.39 is 0 Å². The number of rotatable bonds is 2. The maximum Gasteiger partial charge on any atom is 0.321 e. The Hall–Kier alpha value is -0.660. The molecule has 1 atom stereocenters. The summed E-state index contributed by atoms with van der Waals surface area (Å²) in [6, 6.07) is -0.0586. The average Bonchev–Trinajstić information content (AvgIpc) is 2.62. The lowest BCUT2D eigenvalue weighted by Gasteiger charge is -2.35. The van der Waals surface area contributed by atoms with Gasteiger partial charge in [0.2, 0.25) is 0 Å². The van der Waals surface area contributed by atoms with Crippen LogP contribution in [0.3, 0.4) is 0 Å². The fourth-order valence-electron chi connectivity index (χ4n) is 1.99. The Bertz CT molecular complexity index is 436. The molecule has 2 amide bonds. The average molecular weight is 334 g/mol. The summed E-state index contributed by atoms with van der Waals surface area (Å²) in [5.41, 5.74) is -0.166. The van der Waals surface area contributed by atoms with Crippen LogP contribution in [0.5, 0.6) is 0 Å². The van der Waals surface area contributed by atoms with Crippen molar-refractivity contribution in [3.8, 4) is 0 Å². The quantitative estimate of drug-likeness (QED) is 0.874. The Kier molecular flexibility index (Phi) is 4.24. The number of ether oxygens (including phenoxy) is 1. The molecule has 1 aliphatic heterocycles. The minimum absolute atomic E-state index is 0.150. The maximum absolute atomic E-state index is 11.8. The Balaban J connectivity index is 1.84. The lowest BCUT2D eigenvalue weighted by molar-refractivity contribution is -0.0609. The van der Waals surface area contributed by atoms with Gasteiger partial charge in [0.05, 0.1) is 15.6 Å². The van der Waals surface area contributed by atoms with E-state index >= 15 is 0 Å². The number of anilines is 1. The van der Waals surface area contributed by atoms with Crippen LogP contribution in [-0.4, -0.2) is 29.3 Å². The van der Waals surface area contributed by atoms with E-state index in [-0.39, 0.29) is 17.7 Å². The van der Waals surface area contributed by atoms with Crippen molar-refractivity contribution in [2.75, 3.05) is 11.9 Å². The number of nitrogens with one attached hydrogen (secondary N) is 2. The third-order valence-electron chi connectivity index (χ3n) is 2.73. The Morgan fingerprint density at radius 2 is 2.44 bits per heavy atom. The Morgan fingerprint density at radius 1 is 1.67 bits per heavy atom. The van der Waals surface area contributed by atoms with Gasteiger partial charge in [-0.2, -0.15) is 0 Å². The van der Waals surface area contributed by atoms with E-state index in [9.17, 15) is 4.79 Å². The van der Waals surface area contributed by atoms with Crippen LogP contribution >= 0.6 is 27.3 Å². The third kappa shape index (κ3) is 3.93. The second-order valence-corrected chi connectivity index (χ2v) is 7.28. The summed E-state index contributed by atoms with van der Waals surface area (Å²) in [4.78, 5) is 15.8. The van der Waals surface area contributed by atoms with E-state index in [4.69, 9.17) is 4.74 Å². The minimum Gasteiger partial charge on any atom is -0.375 e. The van der Waals surface area contributed by atoms with Crippen molar-refractivity contribution in [3.05, 3.63) is 9.98 Å². The molecule has 18 heavy (non-hydrogen) atoms. The first kappa shape index (κ1) is 13.8. The van der Waals surface area contributed by atoms with Gasteiger partial charge in [-0.3, -0.25) is 5.32 Å². The normalized spacial score (nSPS) is 22.5. The van der Waals surface area contributed by atoms with Crippen LogP contribution in [0.4, 0.5) is 9.93 Å². The van der Waals surface area contributed by atoms with Gasteiger partial charge < -0.3 is 10.1 Å². The number of carbonyl (C=O) groups is 1. The van der Waals surface area contributed by atoms with Gasteiger partial charge in [-0.1, -0.05) is 11.3 Å². The summed E-state index contributed by atoms with van der Waals surface area (Å²) in [6.07, 6.45) is 3.33. The van der Waals surface area contributed by atoms with Crippen molar-refractivity contribution < 1.29 is 9.53 Å². The molecule has 0 saturated carbocycles. The van der Waals surface area contributed by atoms with Crippen LogP contribution < -0.4 is 10.6 Å². The van der Waals surface area contributed by atoms with Crippen LogP contribution in [0.2, 0.25) is 0 Å². The van der Waals surface area contributed by atoms with Crippen molar-refractivity contribution in [1.29, 1.82) is 0 Å². The van der Waals surface area contributed by atoms with Gasteiger partial charge in [-0.15, -0.1) is 0 Å². The first-order valence-corrected chi connectivity index (χ1v) is 7.38. The van der Waals surface area contributed by atoms with Crippen LogP contribution in [0.15, 0.2) is 9.98 Å². The Labute approximate surface area is 118 Å². The number of thiazole rings is 1. The summed E-state index contributed by atoms with van der Waals surface area (Å²) in [6.45, 7) is 4.76. The fraction of sp³-hybridized carbons (Fsp3) is 0.636. The van der Waals surface area contributed by atoms with Crippen LogP contribution in [-0.2, 0) is 4.74 Å². The fourth-order valence-corrected chi connectivity index (χ4v) is 3.09. The number of hydrogen-bond acceptors (Lipinski definition) is 4. The molecule has 0 spiro atoms. The summed E-state index contributed by atoms with van der Waals surface area (Å²) >= 11 is 4.69. The molecule has 1 fully saturated rings. The third-order valence-corrected chi connectivity index (χ3v) is 4.12. The molecule has 2 heterocycles. The van der Waals surface area contributed by atoms with Gasteiger partial charge in [0.1, 0.15) is 0 Å². The first-order chi connectivity index (χ1) is 8.44. The van der Waals surface area contributed by atoms with Crippen LogP contribution in [0.25, 0.3) is 0 Å². The molecule has 2 N–H and O–H groups in total. The number of hydrogen-bond donors (Lipinski definition) is 2. The molecular formula is C11H16BrN3O2S. The van der Waals surface area contributed by atoms with E-state index in [0.717, 1.165) is 16.6 Å². The Morgan fingerprint density at radius 3 is 3.06 bits per heavy atom. The molecule has 5 nitrogen and oxygen atoms in total. The monoisotopic (exact) mass is 333 g/mol. The number of amides is 2. The van der Waals surface area contributed by atoms with Gasteiger partial charge in [-0.25, -0.2) is 9.78 Å². The molecule has 1 saturated heterocycles. The highest BCUT2D eigenvalue weighted by atomic mass is 79.9. The molecule has 100 valence electrons. The molecule has 1 aromatic rings. The predicted molar refractivity (Wildman–Crippen MR) is 75.0 cm³/mol. The number of carbonyl (C=O) groups excluding carboxylic acids is 1. The highest BCUT2D eigenvalue weighted by Crippen LogP contribution is 2.25. The van der Waals surface area contributed by atoms with E-state index in [1.807, 2.05) is 13.8 Å². The van der Waals surface area contributed by atoms with Crippen molar-refractivity contribution in [2.45, 2.75) is 38.3 Å². The van der Waals surface area contributed by atoms with Crippen molar-refractivity contribution in [2.24, 2.45) is 0 Å². The topological polar surface area (TPSA) is 63.2 Å². The number of aromatic nitrogens is 1. The molecule has 1 aromatic heterocycles. The standard InChI is InChI=1S/C11H16BrN3O2S/c1-11(2)5-7(3-4-17-11)14-9(16)15-10-13-6-8(12)18-10/h6-7H,3-5H2,1-2H3,(H2,13,14,15,16). The molecule has 1 aliphatic rings. The lowest BCUT2D eigenvalue weighted by atomic mass is 9.94. The van der Waals surface area contributed by atoms with Gasteiger partial charge in [0, 0.05) is 12.6 Å². The number of urea groups is 1.